The summed E-state index contributed by atoms with van der Waals surface area (Å²) in [4.78, 5) is 41.2. The Bertz CT molecular complexity index is 900. The van der Waals surface area contributed by atoms with Crippen molar-refractivity contribution in [2.75, 3.05) is 18.5 Å². The van der Waals surface area contributed by atoms with Crippen molar-refractivity contribution < 1.29 is 19.1 Å². The summed E-state index contributed by atoms with van der Waals surface area (Å²) in [6, 6.07) is 2.06. The molecule has 0 saturated carbocycles. The first-order chi connectivity index (χ1) is 13.4. The molecule has 150 valence electrons. The first-order valence-electron chi connectivity index (χ1n) is 9.30. The number of ether oxygens (including phenoxy) is 1. The number of nitrogens with zero attached hydrogens (tertiary/aromatic N) is 1. The molecule has 0 atom stereocenters. The molecule has 28 heavy (non-hydrogen) atoms. The van der Waals surface area contributed by atoms with Crippen LogP contribution in [0.5, 0.6) is 0 Å². The number of hydrogen-bond donors (Lipinski definition) is 1. The van der Waals surface area contributed by atoms with Crippen molar-refractivity contribution >= 4 is 45.5 Å². The topological polar surface area (TPSA) is 75.7 Å². The number of hydrogen-bond acceptors (Lipinski definition) is 6. The van der Waals surface area contributed by atoms with Gasteiger partial charge < -0.3 is 15.0 Å². The van der Waals surface area contributed by atoms with Gasteiger partial charge in [0.2, 0.25) is 11.8 Å². The van der Waals surface area contributed by atoms with E-state index in [4.69, 9.17) is 4.74 Å². The zero-order valence-electron chi connectivity index (χ0n) is 16.3. The highest BCUT2D eigenvalue weighted by atomic mass is 32.1. The first-order valence-corrected chi connectivity index (χ1v) is 11.0. The number of fused-ring (bicyclic) bond motifs is 1. The van der Waals surface area contributed by atoms with Crippen LogP contribution in [0.15, 0.2) is 11.4 Å². The zero-order valence-corrected chi connectivity index (χ0v) is 17.9. The number of anilines is 1. The monoisotopic (exact) mass is 420 g/mol. The predicted molar refractivity (Wildman–Crippen MR) is 111 cm³/mol. The van der Waals surface area contributed by atoms with Crippen molar-refractivity contribution in [1.29, 1.82) is 0 Å². The Morgan fingerprint density at radius 1 is 1.25 bits per heavy atom. The van der Waals surface area contributed by atoms with E-state index < -0.39 is 5.97 Å². The highest BCUT2D eigenvalue weighted by Gasteiger charge is 2.24. The number of nitrogens with one attached hydrogen (secondary N) is 1. The van der Waals surface area contributed by atoms with Gasteiger partial charge in [-0.25, -0.2) is 4.79 Å². The second kappa shape index (κ2) is 8.87. The van der Waals surface area contributed by atoms with E-state index in [0.717, 1.165) is 16.9 Å². The quantitative estimate of drug-likeness (QED) is 0.719. The van der Waals surface area contributed by atoms with Gasteiger partial charge in [-0.15, -0.1) is 22.7 Å². The normalized spacial score (nSPS) is 13.2. The molecule has 2 aromatic rings. The number of rotatable bonds is 6. The Kier molecular flexibility index (Phi) is 6.51. The second-order valence-corrected chi connectivity index (χ2v) is 8.92. The Hall–Kier alpha value is -2.19. The molecule has 2 amide bonds. The van der Waals surface area contributed by atoms with Crippen molar-refractivity contribution in [3.63, 3.8) is 0 Å². The smallest absolute Gasteiger partial charge is 0.341 e. The molecule has 2 aromatic heterocycles. The summed E-state index contributed by atoms with van der Waals surface area (Å²) in [5.41, 5.74) is 2.43. The maximum atomic E-state index is 12.5. The molecule has 1 N–H and O–H groups in total. The van der Waals surface area contributed by atoms with Crippen molar-refractivity contribution in [2.45, 2.75) is 46.6 Å². The second-order valence-electron chi connectivity index (χ2n) is 6.69. The van der Waals surface area contributed by atoms with Crippen LogP contribution in [0.2, 0.25) is 0 Å². The molecular formula is C20H24N2O4S2. The molecule has 0 radical (unpaired) electrons. The Morgan fingerprint density at radius 3 is 2.79 bits per heavy atom. The summed E-state index contributed by atoms with van der Waals surface area (Å²) in [5.74, 6) is -0.722. The molecule has 0 unspecified atom stereocenters. The summed E-state index contributed by atoms with van der Waals surface area (Å²) in [5, 5.41) is 5.34. The number of carbonyl (C=O) groups is 3. The van der Waals surface area contributed by atoms with Gasteiger partial charge in [0.25, 0.3) is 0 Å². The molecule has 8 heteroatoms. The SMILES string of the molecule is CCOC(=O)c1c(NC(=O)CCC(=O)N2CCc3sccc3C2)sc(C)c1C. The van der Waals surface area contributed by atoms with Crippen molar-refractivity contribution in [2.24, 2.45) is 0 Å². The van der Waals surface area contributed by atoms with Crippen LogP contribution in [0, 0.1) is 13.8 Å². The van der Waals surface area contributed by atoms with Gasteiger partial charge in [-0.3, -0.25) is 9.59 Å². The minimum Gasteiger partial charge on any atom is -0.462 e. The van der Waals surface area contributed by atoms with Gasteiger partial charge in [-0.1, -0.05) is 0 Å². The van der Waals surface area contributed by atoms with Crippen molar-refractivity contribution in [3.8, 4) is 0 Å². The van der Waals surface area contributed by atoms with Crippen LogP contribution >= 0.6 is 22.7 Å². The first kappa shape index (κ1) is 20.5. The fourth-order valence-corrected chi connectivity index (χ4v) is 5.15. The lowest BCUT2D eigenvalue weighted by atomic mass is 10.1. The van der Waals surface area contributed by atoms with Crippen molar-refractivity contribution in [3.05, 3.63) is 37.9 Å². The van der Waals surface area contributed by atoms with E-state index in [2.05, 4.69) is 16.8 Å². The third-order valence-electron chi connectivity index (χ3n) is 4.84. The summed E-state index contributed by atoms with van der Waals surface area (Å²) in [7, 11) is 0. The minimum absolute atomic E-state index is 0.0174. The largest absolute Gasteiger partial charge is 0.462 e. The van der Waals surface area contributed by atoms with Crippen molar-refractivity contribution in [1.82, 2.24) is 4.90 Å². The fraction of sp³-hybridized carbons (Fsp3) is 0.450. The Labute approximate surface area is 172 Å². The number of esters is 1. The molecule has 0 bridgehead atoms. The van der Waals surface area contributed by atoms with Gasteiger partial charge >= 0.3 is 5.97 Å². The average molecular weight is 421 g/mol. The Morgan fingerprint density at radius 2 is 2.04 bits per heavy atom. The fourth-order valence-electron chi connectivity index (χ4n) is 3.19. The van der Waals surface area contributed by atoms with E-state index in [1.165, 1.54) is 21.8 Å². The molecule has 0 saturated heterocycles. The summed E-state index contributed by atoms with van der Waals surface area (Å²) in [6.45, 7) is 7.08. The lowest BCUT2D eigenvalue weighted by molar-refractivity contribution is -0.133. The van der Waals surface area contributed by atoms with Crippen LogP contribution in [0.1, 0.15) is 51.0 Å². The van der Waals surface area contributed by atoms with Crippen LogP contribution in [0.3, 0.4) is 0 Å². The predicted octanol–water partition coefficient (Wildman–Crippen LogP) is 3.91. The third kappa shape index (κ3) is 4.44. The van der Waals surface area contributed by atoms with Crippen LogP contribution in [0.4, 0.5) is 5.00 Å². The maximum Gasteiger partial charge on any atom is 0.341 e. The number of thiophene rings is 2. The molecule has 3 rings (SSSR count). The highest BCUT2D eigenvalue weighted by molar-refractivity contribution is 7.16. The molecular weight excluding hydrogens is 396 g/mol. The molecule has 6 nitrogen and oxygen atoms in total. The minimum atomic E-state index is -0.435. The molecule has 0 spiro atoms. The molecule has 0 aliphatic carbocycles. The van der Waals surface area contributed by atoms with Crippen LogP contribution < -0.4 is 5.32 Å². The highest BCUT2D eigenvalue weighted by Crippen LogP contribution is 2.33. The van der Waals surface area contributed by atoms with Gasteiger partial charge in [-0.2, -0.15) is 0 Å². The lowest BCUT2D eigenvalue weighted by Crippen LogP contribution is -2.35. The zero-order chi connectivity index (χ0) is 20.3. The van der Waals surface area contributed by atoms with Gasteiger partial charge in [-0.05, 0) is 49.8 Å². The maximum absolute atomic E-state index is 12.5. The van der Waals surface area contributed by atoms with E-state index in [-0.39, 0.29) is 31.3 Å². The molecule has 3 heterocycles. The lowest BCUT2D eigenvalue weighted by Gasteiger charge is -2.27. The van der Waals surface area contributed by atoms with E-state index in [0.29, 0.717) is 23.7 Å². The molecule has 1 aliphatic heterocycles. The van der Waals surface area contributed by atoms with E-state index in [9.17, 15) is 14.4 Å². The molecule has 0 aromatic carbocycles. The van der Waals surface area contributed by atoms with E-state index in [1.54, 1.807) is 18.3 Å². The molecule has 0 fully saturated rings. The molecule has 1 aliphatic rings. The van der Waals surface area contributed by atoms with E-state index in [1.807, 2.05) is 18.7 Å². The third-order valence-corrected chi connectivity index (χ3v) is 6.99. The van der Waals surface area contributed by atoms with Gasteiger partial charge in [0, 0.05) is 35.7 Å². The summed E-state index contributed by atoms with van der Waals surface area (Å²) in [6.07, 6.45) is 1.12. The van der Waals surface area contributed by atoms with Gasteiger partial charge in [0.1, 0.15) is 5.00 Å². The summed E-state index contributed by atoms with van der Waals surface area (Å²) < 4.78 is 5.10. The number of amides is 2. The van der Waals surface area contributed by atoms with Crippen LogP contribution in [-0.4, -0.2) is 35.8 Å². The standard InChI is InChI=1S/C20H24N2O4S2/c1-4-26-20(25)18-12(2)13(3)28-19(18)21-16(23)5-6-17(24)22-9-7-15-14(11-22)8-10-27-15/h8,10H,4-7,9,11H2,1-3H3,(H,21,23). The average Bonchev–Trinajstić information content (AvgIpc) is 3.23. The van der Waals surface area contributed by atoms with Gasteiger partial charge in [0.05, 0.1) is 12.2 Å². The summed E-state index contributed by atoms with van der Waals surface area (Å²) >= 11 is 3.08. The van der Waals surface area contributed by atoms with Crippen LogP contribution in [-0.2, 0) is 27.3 Å². The van der Waals surface area contributed by atoms with Crippen LogP contribution in [0.25, 0.3) is 0 Å². The Balaban J connectivity index is 1.57. The number of carbonyl (C=O) groups excluding carboxylic acids is 3. The van der Waals surface area contributed by atoms with E-state index >= 15 is 0 Å². The number of aryl methyl sites for hydroxylation is 1. The van der Waals surface area contributed by atoms with Gasteiger partial charge in [0.15, 0.2) is 0 Å².